The first-order valence-corrected chi connectivity index (χ1v) is 7.01. The highest BCUT2D eigenvalue weighted by molar-refractivity contribution is 6.20. The van der Waals surface area contributed by atoms with Gasteiger partial charge in [0.25, 0.3) is 0 Å². The second-order valence-electron chi connectivity index (χ2n) is 4.68. The normalized spacial score (nSPS) is 11.1. The molecule has 116 valence electrons. The molecular weight excluding hydrogens is 327 g/mol. The molecule has 0 aliphatic rings. The first kappa shape index (κ1) is 20.2. The maximum absolute atomic E-state index is 6.05. The molecule has 2 aromatic rings. The van der Waals surface area contributed by atoms with E-state index in [4.69, 9.17) is 11.6 Å². The van der Waals surface area contributed by atoms with Gasteiger partial charge in [-0.1, -0.05) is 36.4 Å². The maximum Gasteiger partial charge on any atom is 0.0463 e. The Hall–Kier alpha value is -0.800. The van der Waals surface area contributed by atoms with Crippen LogP contribution in [0.4, 0.5) is 0 Å². The van der Waals surface area contributed by atoms with Gasteiger partial charge in [0.2, 0.25) is 0 Å². The summed E-state index contributed by atoms with van der Waals surface area (Å²) < 4.78 is 0. The Morgan fingerprint density at radius 2 is 1.76 bits per heavy atom. The number of nitrogens with zero attached hydrogens (tertiary/aromatic N) is 1. The van der Waals surface area contributed by atoms with Crippen LogP contribution in [0.25, 0.3) is 0 Å². The molecule has 0 saturated heterocycles. The molecule has 21 heavy (non-hydrogen) atoms. The van der Waals surface area contributed by atoms with Gasteiger partial charge in [0, 0.05) is 36.8 Å². The minimum absolute atomic E-state index is 0. The summed E-state index contributed by atoms with van der Waals surface area (Å²) in [4.78, 5) is 4.42. The fourth-order valence-electron chi connectivity index (χ4n) is 2.02. The Labute approximate surface area is 144 Å². The van der Waals surface area contributed by atoms with Gasteiger partial charge in [-0.2, -0.15) is 0 Å². The third-order valence-electron chi connectivity index (χ3n) is 2.95. The van der Waals surface area contributed by atoms with Gasteiger partial charge in [-0.05, 0) is 24.1 Å². The van der Waals surface area contributed by atoms with E-state index in [0.29, 0.717) is 0 Å². The molecule has 0 bridgehead atoms. The number of pyridine rings is 1. The molecule has 0 fully saturated rings. The van der Waals surface area contributed by atoms with E-state index < -0.39 is 0 Å². The van der Waals surface area contributed by atoms with Crippen LogP contribution in [-0.2, 0) is 19.5 Å². The second-order valence-corrected chi connectivity index (χ2v) is 5.43. The fourth-order valence-corrected chi connectivity index (χ4v) is 2.17. The van der Waals surface area contributed by atoms with Crippen LogP contribution in [0.15, 0.2) is 48.7 Å². The zero-order valence-electron chi connectivity index (χ0n) is 12.0. The van der Waals surface area contributed by atoms with E-state index in [2.05, 4.69) is 40.6 Å². The van der Waals surface area contributed by atoms with E-state index in [1.165, 1.54) is 11.1 Å². The summed E-state index contributed by atoms with van der Waals surface area (Å²) in [7, 11) is 0. The molecule has 1 aromatic carbocycles. The molecule has 2 nitrogen and oxygen atoms in total. The van der Waals surface area contributed by atoms with Gasteiger partial charge >= 0.3 is 0 Å². The van der Waals surface area contributed by atoms with Crippen LogP contribution in [0.2, 0.25) is 0 Å². The van der Waals surface area contributed by atoms with E-state index in [1.54, 1.807) is 0 Å². The molecule has 1 N–H and O–H groups in total. The molecule has 1 aromatic heterocycles. The van der Waals surface area contributed by atoms with E-state index in [0.717, 1.165) is 25.2 Å². The number of rotatable bonds is 6. The first-order valence-electron chi connectivity index (χ1n) is 6.57. The molecular formula is C16H21Cl3N2. The highest BCUT2D eigenvalue weighted by Crippen LogP contribution is 2.11. The van der Waals surface area contributed by atoms with Crippen molar-refractivity contribution in [2.24, 2.45) is 0 Å². The minimum Gasteiger partial charge on any atom is -0.309 e. The zero-order chi connectivity index (χ0) is 13.5. The fraction of sp³-hybridized carbons (Fsp3) is 0.312. The van der Waals surface area contributed by atoms with E-state index in [-0.39, 0.29) is 30.2 Å². The monoisotopic (exact) mass is 346 g/mol. The van der Waals surface area contributed by atoms with Crippen molar-refractivity contribution in [2.45, 2.75) is 31.8 Å². The summed E-state index contributed by atoms with van der Waals surface area (Å²) in [6, 6.07) is 14.5. The Kier molecular flexibility index (Phi) is 10.4. The van der Waals surface area contributed by atoms with E-state index >= 15 is 0 Å². The Morgan fingerprint density at radius 1 is 1.05 bits per heavy atom. The summed E-state index contributed by atoms with van der Waals surface area (Å²) >= 11 is 6.05. The molecule has 0 amide bonds. The first-order chi connectivity index (χ1) is 9.25. The predicted molar refractivity (Wildman–Crippen MR) is 94.7 cm³/mol. The molecule has 0 saturated carbocycles. The van der Waals surface area contributed by atoms with Crippen LogP contribution < -0.4 is 5.32 Å². The van der Waals surface area contributed by atoms with Crippen LogP contribution in [0.1, 0.15) is 23.7 Å². The van der Waals surface area contributed by atoms with Crippen LogP contribution in [0, 0.1) is 0 Å². The van der Waals surface area contributed by atoms with Crippen LogP contribution >= 0.6 is 36.4 Å². The van der Waals surface area contributed by atoms with Crippen molar-refractivity contribution < 1.29 is 0 Å². The summed E-state index contributed by atoms with van der Waals surface area (Å²) in [5.41, 5.74) is 3.61. The number of hydrogen-bond donors (Lipinski definition) is 1. The number of halogens is 3. The van der Waals surface area contributed by atoms with Gasteiger partial charge in [0.05, 0.1) is 0 Å². The number of aromatic nitrogens is 1. The van der Waals surface area contributed by atoms with Crippen LogP contribution in [0.5, 0.6) is 0 Å². The minimum atomic E-state index is 0. The van der Waals surface area contributed by atoms with Crippen molar-refractivity contribution in [1.82, 2.24) is 10.3 Å². The van der Waals surface area contributed by atoms with Crippen molar-refractivity contribution in [3.05, 3.63) is 65.5 Å². The Morgan fingerprint density at radius 3 is 2.43 bits per heavy atom. The molecule has 2 rings (SSSR count). The van der Waals surface area contributed by atoms with Crippen LogP contribution in [-0.4, -0.2) is 10.4 Å². The lowest BCUT2D eigenvalue weighted by atomic mass is 10.1. The van der Waals surface area contributed by atoms with Gasteiger partial charge in [-0.3, -0.25) is 4.98 Å². The number of nitrogens with one attached hydrogen (secondary N) is 1. The second kappa shape index (κ2) is 10.9. The van der Waals surface area contributed by atoms with Crippen molar-refractivity contribution >= 4 is 36.4 Å². The predicted octanol–water partition coefficient (Wildman–Crippen LogP) is 4.38. The lowest BCUT2D eigenvalue weighted by molar-refractivity contribution is 0.681. The van der Waals surface area contributed by atoms with Crippen molar-refractivity contribution in [1.29, 1.82) is 0 Å². The SMILES string of the molecule is CC(Cl)Cc1ncccc1CNCc1ccccc1.Cl.Cl. The molecule has 0 spiro atoms. The zero-order valence-corrected chi connectivity index (χ0v) is 14.3. The highest BCUT2D eigenvalue weighted by atomic mass is 35.5. The van der Waals surface area contributed by atoms with Gasteiger partial charge in [-0.15, -0.1) is 36.4 Å². The molecule has 0 aliphatic heterocycles. The Bertz CT molecular complexity index is 504. The molecule has 1 unspecified atom stereocenters. The maximum atomic E-state index is 6.05. The molecule has 0 radical (unpaired) electrons. The van der Waals surface area contributed by atoms with E-state index in [1.807, 2.05) is 25.3 Å². The van der Waals surface area contributed by atoms with Gasteiger partial charge in [-0.25, -0.2) is 0 Å². The molecule has 1 heterocycles. The Balaban J connectivity index is 0.00000200. The van der Waals surface area contributed by atoms with Crippen LogP contribution in [0.3, 0.4) is 0 Å². The lowest BCUT2D eigenvalue weighted by Gasteiger charge is -2.10. The van der Waals surface area contributed by atoms with Gasteiger partial charge in [0.1, 0.15) is 0 Å². The largest absolute Gasteiger partial charge is 0.309 e. The molecule has 5 heteroatoms. The summed E-state index contributed by atoms with van der Waals surface area (Å²) in [5.74, 6) is 0. The standard InChI is InChI=1S/C16H19ClN2.2ClH/c1-13(17)10-16-15(8-5-9-19-16)12-18-11-14-6-3-2-4-7-14;;/h2-9,13,18H,10-12H2,1H3;2*1H. The third-order valence-corrected chi connectivity index (χ3v) is 3.10. The summed E-state index contributed by atoms with van der Waals surface area (Å²) in [5, 5.41) is 3.56. The van der Waals surface area contributed by atoms with Crippen molar-refractivity contribution in [3.63, 3.8) is 0 Å². The van der Waals surface area contributed by atoms with E-state index in [9.17, 15) is 0 Å². The summed E-state index contributed by atoms with van der Waals surface area (Å²) in [6.45, 7) is 3.69. The quantitative estimate of drug-likeness (QED) is 0.784. The summed E-state index contributed by atoms with van der Waals surface area (Å²) in [6.07, 6.45) is 2.64. The average molecular weight is 348 g/mol. The van der Waals surface area contributed by atoms with Gasteiger partial charge in [0.15, 0.2) is 0 Å². The lowest BCUT2D eigenvalue weighted by Crippen LogP contribution is -2.15. The number of benzene rings is 1. The smallest absolute Gasteiger partial charge is 0.0463 e. The number of hydrogen-bond acceptors (Lipinski definition) is 2. The van der Waals surface area contributed by atoms with Crippen molar-refractivity contribution in [2.75, 3.05) is 0 Å². The topological polar surface area (TPSA) is 24.9 Å². The molecule has 1 atom stereocenters. The third kappa shape index (κ3) is 7.14. The molecule has 0 aliphatic carbocycles. The number of alkyl halides is 1. The van der Waals surface area contributed by atoms with Gasteiger partial charge < -0.3 is 5.32 Å². The van der Waals surface area contributed by atoms with Crippen molar-refractivity contribution in [3.8, 4) is 0 Å². The highest BCUT2D eigenvalue weighted by Gasteiger charge is 2.06. The average Bonchev–Trinajstić information content (AvgIpc) is 2.41.